The summed E-state index contributed by atoms with van der Waals surface area (Å²) in [6.07, 6.45) is 0.790. The molecule has 0 bridgehead atoms. The second-order valence-electron chi connectivity index (χ2n) is 5.41. The molecule has 0 radical (unpaired) electrons. The Hall–Kier alpha value is -0.910. The van der Waals surface area contributed by atoms with E-state index in [1.165, 1.54) is 6.07 Å². The van der Waals surface area contributed by atoms with Gasteiger partial charge < -0.3 is 5.11 Å². The number of aryl methyl sites for hydroxylation is 1. The van der Waals surface area contributed by atoms with Crippen molar-refractivity contribution in [3.8, 4) is 0 Å². The Morgan fingerprint density at radius 2 is 1.89 bits per heavy atom. The predicted molar refractivity (Wildman–Crippen MR) is 76.3 cm³/mol. The predicted octanol–water partition coefficient (Wildman–Crippen LogP) is 2.20. The molecule has 1 aromatic carbocycles. The summed E-state index contributed by atoms with van der Waals surface area (Å²) >= 11 is 0. The first-order valence-corrected chi connectivity index (χ1v) is 7.97. The average Bonchev–Trinajstić information content (AvgIpc) is 2.27. The van der Waals surface area contributed by atoms with E-state index in [0.29, 0.717) is 17.0 Å². The molecule has 0 saturated heterocycles. The minimum atomic E-state index is -3.53. The van der Waals surface area contributed by atoms with Crippen LogP contribution in [0.2, 0.25) is 0 Å². The molecule has 0 amide bonds. The van der Waals surface area contributed by atoms with E-state index < -0.39 is 10.0 Å². The fourth-order valence-electron chi connectivity index (χ4n) is 2.12. The summed E-state index contributed by atoms with van der Waals surface area (Å²) in [5, 5.41) is 9.10. The van der Waals surface area contributed by atoms with Crippen LogP contribution in [-0.2, 0) is 16.6 Å². The van der Waals surface area contributed by atoms with Crippen LogP contribution in [0.25, 0.3) is 0 Å². The van der Waals surface area contributed by atoms with Crippen molar-refractivity contribution in [2.75, 3.05) is 0 Å². The van der Waals surface area contributed by atoms with Crippen LogP contribution in [0.5, 0.6) is 0 Å². The molecule has 19 heavy (non-hydrogen) atoms. The summed E-state index contributed by atoms with van der Waals surface area (Å²) in [5.74, 6) is 0.433. The molecule has 0 aromatic heterocycles. The van der Waals surface area contributed by atoms with Gasteiger partial charge in [-0.1, -0.05) is 26.0 Å². The van der Waals surface area contributed by atoms with E-state index in [4.69, 9.17) is 5.11 Å². The molecule has 0 aliphatic heterocycles. The van der Waals surface area contributed by atoms with Gasteiger partial charge in [0, 0.05) is 6.04 Å². The van der Waals surface area contributed by atoms with Gasteiger partial charge in [0.2, 0.25) is 10.0 Å². The van der Waals surface area contributed by atoms with Crippen LogP contribution in [0, 0.1) is 12.8 Å². The van der Waals surface area contributed by atoms with Crippen LogP contribution >= 0.6 is 0 Å². The van der Waals surface area contributed by atoms with E-state index in [0.717, 1.165) is 6.42 Å². The van der Waals surface area contributed by atoms with Crippen molar-refractivity contribution in [2.45, 2.75) is 51.7 Å². The van der Waals surface area contributed by atoms with Crippen molar-refractivity contribution in [1.82, 2.24) is 4.72 Å². The topological polar surface area (TPSA) is 66.4 Å². The molecule has 0 aliphatic rings. The van der Waals surface area contributed by atoms with Crippen LogP contribution in [-0.4, -0.2) is 19.6 Å². The highest BCUT2D eigenvalue weighted by atomic mass is 32.2. The highest BCUT2D eigenvalue weighted by molar-refractivity contribution is 7.89. The van der Waals surface area contributed by atoms with E-state index in [-0.39, 0.29) is 17.5 Å². The molecular formula is C14H23NO3S. The molecule has 2 N–H and O–H groups in total. The zero-order chi connectivity index (χ0) is 14.6. The number of hydrogen-bond donors (Lipinski definition) is 2. The lowest BCUT2D eigenvalue weighted by atomic mass is 10.1. The number of aliphatic hydroxyl groups excluding tert-OH is 1. The molecule has 0 saturated carbocycles. The van der Waals surface area contributed by atoms with Gasteiger partial charge in [0.05, 0.1) is 11.5 Å². The number of nitrogens with one attached hydrogen (secondary N) is 1. The highest BCUT2D eigenvalue weighted by Crippen LogP contribution is 2.18. The molecule has 4 nitrogen and oxygen atoms in total. The number of rotatable bonds is 6. The first kappa shape index (κ1) is 16.1. The molecule has 1 unspecified atom stereocenters. The van der Waals surface area contributed by atoms with Gasteiger partial charge >= 0.3 is 0 Å². The van der Waals surface area contributed by atoms with Gasteiger partial charge in [0.15, 0.2) is 0 Å². The summed E-state index contributed by atoms with van der Waals surface area (Å²) in [6, 6.07) is 4.86. The van der Waals surface area contributed by atoms with Crippen molar-refractivity contribution in [3.63, 3.8) is 0 Å². The Bertz CT molecular complexity index is 523. The first-order valence-electron chi connectivity index (χ1n) is 6.49. The number of hydrogen-bond acceptors (Lipinski definition) is 3. The Kier molecular flexibility index (Phi) is 5.52. The quantitative estimate of drug-likeness (QED) is 0.842. The standard InChI is InChI=1S/C14H23NO3S/c1-10(2)7-12(4)15-19(17,18)14-8-13(9-16)6-5-11(14)3/h5-6,8,10,12,15-16H,7,9H2,1-4H3. The average molecular weight is 285 g/mol. The SMILES string of the molecule is Cc1ccc(CO)cc1S(=O)(=O)NC(C)CC(C)C. The maximum atomic E-state index is 12.3. The molecule has 0 heterocycles. The van der Waals surface area contributed by atoms with Crippen molar-refractivity contribution in [1.29, 1.82) is 0 Å². The van der Waals surface area contributed by atoms with E-state index in [9.17, 15) is 8.42 Å². The highest BCUT2D eigenvalue weighted by Gasteiger charge is 2.20. The lowest BCUT2D eigenvalue weighted by molar-refractivity contribution is 0.281. The van der Waals surface area contributed by atoms with Gasteiger partial charge in [-0.2, -0.15) is 0 Å². The van der Waals surface area contributed by atoms with Crippen molar-refractivity contribution < 1.29 is 13.5 Å². The molecule has 0 aliphatic carbocycles. The van der Waals surface area contributed by atoms with E-state index in [1.54, 1.807) is 19.1 Å². The molecule has 0 fully saturated rings. The van der Waals surface area contributed by atoms with Gasteiger partial charge in [-0.15, -0.1) is 0 Å². The van der Waals surface area contributed by atoms with Crippen molar-refractivity contribution in [3.05, 3.63) is 29.3 Å². The van der Waals surface area contributed by atoms with E-state index in [2.05, 4.69) is 18.6 Å². The largest absolute Gasteiger partial charge is 0.392 e. The molecular weight excluding hydrogens is 262 g/mol. The Morgan fingerprint density at radius 1 is 1.26 bits per heavy atom. The Morgan fingerprint density at radius 3 is 2.42 bits per heavy atom. The lowest BCUT2D eigenvalue weighted by Crippen LogP contribution is -2.34. The third-order valence-corrected chi connectivity index (χ3v) is 4.64. The molecule has 0 spiro atoms. The van der Waals surface area contributed by atoms with E-state index in [1.807, 2.05) is 6.92 Å². The van der Waals surface area contributed by atoms with Gasteiger partial charge in [-0.05, 0) is 43.4 Å². The van der Waals surface area contributed by atoms with Crippen molar-refractivity contribution in [2.24, 2.45) is 5.92 Å². The molecule has 1 atom stereocenters. The van der Waals surface area contributed by atoms with Gasteiger partial charge in [-0.25, -0.2) is 13.1 Å². The van der Waals surface area contributed by atoms with Crippen LogP contribution < -0.4 is 4.72 Å². The Balaban J connectivity index is 3.00. The fourth-order valence-corrected chi connectivity index (χ4v) is 3.67. The summed E-state index contributed by atoms with van der Waals surface area (Å²) in [5.41, 5.74) is 1.28. The second kappa shape index (κ2) is 6.50. The maximum Gasteiger partial charge on any atom is 0.241 e. The van der Waals surface area contributed by atoms with Gasteiger partial charge in [-0.3, -0.25) is 0 Å². The molecule has 1 rings (SSSR count). The minimum absolute atomic E-state index is 0.109. The number of aliphatic hydroxyl groups is 1. The third kappa shape index (κ3) is 4.60. The second-order valence-corrected chi connectivity index (χ2v) is 7.09. The zero-order valence-electron chi connectivity index (χ0n) is 12.0. The molecule has 1 aromatic rings. The van der Waals surface area contributed by atoms with Crippen LogP contribution in [0.3, 0.4) is 0 Å². The molecule has 108 valence electrons. The summed E-state index contributed by atoms with van der Waals surface area (Å²) < 4.78 is 27.3. The van der Waals surface area contributed by atoms with Crippen molar-refractivity contribution >= 4 is 10.0 Å². The number of benzene rings is 1. The fraction of sp³-hybridized carbons (Fsp3) is 0.571. The summed E-state index contributed by atoms with van der Waals surface area (Å²) in [4.78, 5) is 0.245. The van der Waals surface area contributed by atoms with Crippen LogP contribution in [0.1, 0.15) is 38.3 Å². The first-order chi connectivity index (χ1) is 8.76. The maximum absolute atomic E-state index is 12.3. The van der Waals surface area contributed by atoms with Gasteiger partial charge in [0.1, 0.15) is 0 Å². The normalized spacial score (nSPS) is 13.8. The van der Waals surface area contributed by atoms with E-state index >= 15 is 0 Å². The van der Waals surface area contributed by atoms with Crippen LogP contribution in [0.15, 0.2) is 23.1 Å². The monoisotopic (exact) mass is 285 g/mol. The summed E-state index contributed by atoms with van der Waals surface area (Å²) in [7, 11) is -3.53. The smallest absolute Gasteiger partial charge is 0.241 e. The zero-order valence-corrected chi connectivity index (χ0v) is 12.8. The summed E-state index contributed by atoms with van der Waals surface area (Å²) in [6.45, 7) is 7.57. The van der Waals surface area contributed by atoms with Crippen LogP contribution in [0.4, 0.5) is 0 Å². The number of sulfonamides is 1. The Labute approximate surface area is 115 Å². The van der Waals surface area contributed by atoms with Gasteiger partial charge in [0.25, 0.3) is 0 Å². The molecule has 5 heteroatoms. The third-order valence-electron chi connectivity index (χ3n) is 2.91. The lowest BCUT2D eigenvalue weighted by Gasteiger charge is -2.17. The minimum Gasteiger partial charge on any atom is -0.392 e.